The van der Waals surface area contributed by atoms with Crippen molar-refractivity contribution in [3.8, 4) is 5.75 Å². The molecule has 3 nitrogen and oxygen atoms in total. The van der Waals surface area contributed by atoms with E-state index in [9.17, 15) is 13.5 Å². The standard InChI is InChI=1S/C13H12O3S2/c1-18(15,16)13-8-6-12(7-9-13)17-11-4-2-10(14)3-5-11/h2-9,14H,1H3. The Labute approximate surface area is 110 Å². The van der Waals surface area contributed by atoms with Gasteiger partial charge in [0, 0.05) is 16.0 Å². The highest BCUT2D eigenvalue weighted by Crippen LogP contribution is 2.29. The molecule has 0 saturated carbocycles. The monoisotopic (exact) mass is 280 g/mol. The van der Waals surface area contributed by atoms with Crippen LogP contribution in [-0.4, -0.2) is 19.8 Å². The first-order chi connectivity index (χ1) is 8.45. The van der Waals surface area contributed by atoms with Crippen molar-refractivity contribution in [3.05, 3.63) is 48.5 Å². The van der Waals surface area contributed by atoms with Gasteiger partial charge in [-0.25, -0.2) is 8.42 Å². The van der Waals surface area contributed by atoms with Gasteiger partial charge in [-0.3, -0.25) is 0 Å². The molecule has 2 aromatic carbocycles. The Balaban J connectivity index is 2.18. The fourth-order valence-corrected chi connectivity index (χ4v) is 2.85. The van der Waals surface area contributed by atoms with Gasteiger partial charge in [-0.2, -0.15) is 0 Å². The summed E-state index contributed by atoms with van der Waals surface area (Å²) in [6.07, 6.45) is 1.19. The molecule has 18 heavy (non-hydrogen) atoms. The van der Waals surface area contributed by atoms with E-state index in [1.165, 1.54) is 18.0 Å². The summed E-state index contributed by atoms with van der Waals surface area (Å²) in [4.78, 5) is 2.26. The summed E-state index contributed by atoms with van der Waals surface area (Å²) >= 11 is 1.51. The second kappa shape index (κ2) is 5.04. The van der Waals surface area contributed by atoms with Crippen LogP contribution in [0, 0.1) is 0 Å². The fourth-order valence-electron chi connectivity index (χ4n) is 1.41. The summed E-state index contributed by atoms with van der Waals surface area (Å²) in [5, 5.41) is 9.17. The minimum Gasteiger partial charge on any atom is -0.508 e. The maximum Gasteiger partial charge on any atom is 0.175 e. The van der Waals surface area contributed by atoms with Crippen LogP contribution >= 0.6 is 11.8 Å². The van der Waals surface area contributed by atoms with Crippen molar-refractivity contribution < 1.29 is 13.5 Å². The largest absolute Gasteiger partial charge is 0.508 e. The molecule has 0 aliphatic carbocycles. The molecule has 0 spiro atoms. The van der Waals surface area contributed by atoms with Crippen molar-refractivity contribution in [2.24, 2.45) is 0 Å². The molecule has 5 heteroatoms. The summed E-state index contributed by atoms with van der Waals surface area (Å²) in [5.41, 5.74) is 0. The number of aromatic hydroxyl groups is 1. The molecule has 0 aromatic heterocycles. The molecule has 0 atom stereocenters. The van der Waals surface area contributed by atoms with Crippen LogP contribution in [0.4, 0.5) is 0 Å². The lowest BCUT2D eigenvalue weighted by Crippen LogP contribution is -1.95. The second-order valence-corrected chi connectivity index (χ2v) is 7.00. The lowest BCUT2D eigenvalue weighted by atomic mass is 10.3. The highest BCUT2D eigenvalue weighted by Gasteiger charge is 2.06. The van der Waals surface area contributed by atoms with Crippen molar-refractivity contribution in [1.29, 1.82) is 0 Å². The molecule has 0 amide bonds. The van der Waals surface area contributed by atoms with Gasteiger partial charge in [0.2, 0.25) is 0 Å². The molecule has 0 aliphatic rings. The van der Waals surface area contributed by atoms with Crippen LogP contribution in [0.1, 0.15) is 0 Å². The summed E-state index contributed by atoms with van der Waals surface area (Å²) in [7, 11) is -3.14. The fraction of sp³-hybridized carbons (Fsp3) is 0.0769. The van der Waals surface area contributed by atoms with E-state index in [4.69, 9.17) is 0 Å². The van der Waals surface area contributed by atoms with Crippen LogP contribution < -0.4 is 0 Å². The number of sulfone groups is 1. The maximum atomic E-state index is 11.3. The third-order valence-electron chi connectivity index (χ3n) is 2.32. The van der Waals surface area contributed by atoms with Gasteiger partial charge in [0.15, 0.2) is 9.84 Å². The zero-order chi connectivity index (χ0) is 13.2. The molecular weight excluding hydrogens is 268 g/mol. The molecule has 0 unspecified atom stereocenters. The molecule has 2 aromatic rings. The van der Waals surface area contributed by atoms with E-state index in [1.807, 2.05) is 12.1 Å². The number of hydrogen-bond acceptors (Lipinski definition) is 4. The second-order valence-electron chi connectivity index (χ2n) is 3.84. The molecule has 1 N–H and O–H groups in total. The van der Waals surface area contributed by atoms with Crippen LogP contribution in [-0.2, 0) is 9.84 Å². The minimum absolute atomic E-state index is 0.228. The SMILES string of the molecule is CS(=O)(=O)c1ccc(Sc2ccc(O)cc2)cc1. The van der Waals surface area contributed by atoms with E-state index in [2.05, 4.69) is 0 Å². The zero-order valence-corrected chi connectivity index (χ0v) is 11.3. The number of phenolic OH excluding ortho intramolecular Hbond substituents is 1. The molecule has 94 valence electrons. The Kier molecular flexibility index (Phi) is 3.63. The third kappa shape index (κ3) is 3.27. The van der Waals surface area contributed by atoms with Gasteiger partial charge >= 0.3 is 0 Å². The highest BCUT2D eigenvalue weighted by atomic mass is 32.2. The van der Waals surface area contributed by atoms with E-state index in [-0.39, 0.29) is 5.75 Å². The van der Waals surface area contributed by atoms with Crippen LogP contribution in [0.2, 0.25) is 0 Å². The van der Waals surface area contributed by atoms with Gasteiger partial charge in [0.25, 0.3) is 0 Å². The van der Waals surface area contributed by atoms with Crippen LogP contribution in [0.3, 0.4) is 0 Å². The minimum atomic E-state index is -3.14. The van der Waals surface area contributed by atoms with Crippen LogP contribution in [0.25, 0.3) is 0 Å². The van der Waals surface area contributed by atoms with Gasteiger partial charge in [-0.1, -0.05) is 11.8 Å². The Morgan fingerprint density at radius 2 is 1.33 bits per heavy atom. The van der Waals surface area contributed by atoms with Gasteiger partial charge in [-0.15, -0.1) is 0 Å². The lowest BCUT2D eigenvalue weighted by Gasteiger charge is -2.03. The molecule has 0 heterocycles. The number of benzene rings is 2. The average Bonchev–Trinajstić information content (AvgIpc) is 2.32. The molecule has 0 aliphatic heterocycles. The zero-order valence-electron chi connectivity index (χ0n) is 9.70. The Morgan fingerprint density at radius 3 is 1.78 bits per heavy atom. The first-order valence-electron chi connectivity index (χ1n) is 5.22. The quantitative estimate of drug-likeness (QED) is 0.939. The Hall–Kier alpha value is -1.46. The summed E-state index contributed by atoms with van der Waals surface area (Å²) in [5.74, 6) is 0.228. The van der Waals surface area contributed by atoms with Crippen molar-refractivity contribution in [3.63, 3.8) is 0 Å². The van der Waals surface area contributed by atoms with Crippen LogP contribution in [0.15, 0.2) is 63.2 Å². The first kappa shape index (κ1) is 13.0. The molecule has 0 bridgehead atoms. The lowest BCUT2D eigenvalue weighted by molar-refractivity contribution is 0.475. The molecule has 0 saturated heterocycles. The molecule has 0 fully saturated rings. The average molecular weight is 280 g/mol. The summed E-state index contributed by atoms with van der Waals surface area (Å²) in [6, 6.07) is 13.6. The van der Waals surface area contributed by atoms with E-state index in [0.29, 0.717) is 4.90 Å². The predicted octanol–water partition coefficient (Wildman–Crippen LogP) is 2.95. The van der Waals surface area contributed by atoms with Crippen LogP contribution in [0.5, 0.6) is 5.75 Å². The number of rotatable bonds is 3. The van der Waals surface area contributed by atoms with Crippen molar-refractivity contribution in [2.45, 2.75) is 14.7 Å². The van der Waals surface area contributed by atoms with E-state index >= 15 is 0 Å². The summed E-state index contributed by atoms with van der Waals surface area (Å²) in [6.45, 7) is 0. The van der Waals surface area contributed by atoms with Gasteiger partial charge in [0.05, 0.1) is 4.90 Å². The Morgan fingerprint density at radius 1 is 0.889 bits per heavy atom. The number of hydrogen-bond donors (Lipinski definition) is 1. The molecule has 2 rings (SSSR count). The van der Waals surface area contributed by atoms with Crippen molar-refractivity contribution in [1.82, 2.24) is 0 Å². The molecule has 0 radical (unpaired) electrons. The highest BCUT2D eigenvalue weighted by molar-refractivity contribution is 7.99. The Bertz CT molecular complexity index is 629. The predicted molar refractivity (Wildman–Crippen MR) is 71.8 cm³/mol. The molecular formula is C13H12O3S2. The van der Waals surface area contributed by atoms with Gasteiger partial charge in [0.1, 0.15) is 5.75 Å². The van der Waals surface area contributed by atoms with E-state index < -0.39 is 9.84 Å². The van der Waals surface area contributed by atoms with E-state index in [0.717, 1.165) is 9.79 Å². The summed E-state index contributed by atoms with van der Waals surface area (Å²) < 4.78 is 22.6. The maximum absolute atomic E-state index is 11.3. The van der Waals surface area contributed by atoms with Crippen molar-refractivity contribution >= 4 is 21.6 Å². The normalized spacial score (nSPS) is 11.4. The third-order valence-corrected chi connectivity index (χ3v) is 4.47. The van der Waals surface area contributed by atoms with E-state index in [1.54, 1.807) is 36.4 Å². The number of phenols is 1. The van der Waals surface area contributed by atoms with Gasteiger partial charge < -0.3 is 5.11 Å². The van der Waals surface area contributed by atoms with Gasteiger partial charge in [-0.05, 0) is 48.5 Å². The smallest absolute Gasteiger partial charge is 0.175 e. The van der Waals surface area contributed by atoms with Crippen molar-refractivity contribution in [2.75, 3.05) is 6.26 Å². The topological polar surface area (TPSA) is 54.4 Å². The first-order valence-corrected chi connectivity index (χ1v) is 7.93.